The highest BCUT2D eigenvalue weighted by molar-refractivity contribution is 6.04. The quantitative estimate of drug-likeness (QED) is 0.631. The molecular formula is C18H23N3O5. The Labute approximate surface area is 152 Å². The summed E-state index contributed by atoms with van der Waals surface area (Å²) in [6.07, 6.45) is 0. The van der Waals surface area contributed by atoms with Gasteiger partial charge in [-0.3, -0.25) is 19.3 Å². The fourth-order valence-electron chi connectivity index (χ4n) is 2.40. The topological polar surface area (TPSA) is 96.0 Å². The maximum Gasteiger partial charge on any atom is 0.327 e. The predicted molar refractivity (Wildman–Crippen MR) is 94.5 cm³/mol. The van der Waals surface area contributed by atoms with E-state index in [0.717, 1.165) is 10.5 Å². The van der Waals surface area contributed by atoms with Crippen molar-refractivity contribution in [2.24, 2.45) is 0 Å². The maximum absolute atomic E-state index is 11.9. The predicted octanol–water partition coefficient (Wildman–Crippen LogP) is 1.36. The summed E-state index contributed by atoms with van der Waals surface area (Å²) in [5.41, 5.74) is 1.73. The Morgan fingerprint density at radius 3 is 2.27 bits per heavy atom. The number of nitrogens with zero attached hydrogens (tertiary/aromatic N) is 2. The van der Waals surface area contributed by atoms with Gasteiger partial charge in [0.05, 0.1) is 0 Å². The second-order valence-corrected chi connectivity index (χ2v) is 7.15. The molecule has 26 heavy (non-hydrogen) atoms. The van der Waals surface area contributed by atoms with Crippen LogP contribution in [0.5, 0.6) is 0 Å². The molecule has 0 saturated carbocycles. The number of carbonyl (C=O) groups excluding carboxylic acids is 4. The van der Waals surface area contributed by atoms with Crippen molar-refractivity contribution in [1.82, 2.24) is 9.80 Å². The molecule has 8 nitrogen and oxygen atoms in total. The third-order valence-electron chi connectivity index (χ3n) is 3.92. The van der Waals surface area contributed by atoms with E-state index in [9.17, 15) is 19.2 Å². The number of urea groups is 1. The first-order chi connectivity index (χ1) is 12.1. The van der Waals surface area contributed by atoms with Gasteiger partial charge in [-0.15, -0.1) is 0 Å². The van der Waals surface area contributed by atoms with Crippen LogP contribution in [0.15, 0.2) is 24.3 Å². The molecule has 0 radical (unpaired) electrons. The van der Waals surface area contributed by atoms with Crippen LogP contribution >= 0.6 is 0 Å². The number of esters is 1. The van der Waals surface area contributed by atoms with E-state index in [4.69, 9.17) is 4.74 Å². The molecule has 1 saturated heterocycles. The number of benzene rings is 1. The van der Waals surface area contributed by atoms with E-state index in [-0.39, 0.29) is 12.0 Å². The van der Waals surface area contributed by atoms with Gasteiger partial charge in [-0.2, -0.15) is 0 Å². The van der Waals surface area contributed by atoms with Gasteiger partial charge in [0.25, 0.3) is 11.8 Å². The third kappa shape index (κ3) is 4.81. The largest absolute Gasteiger partial charge is 0.454 e. The van der Waals surface area contributed by atoms with Gasteiger partial charge in [-0.25, -0.2) is 4.79 Å². The minimum atomic E-state index is -0.819. The fourth-order valence-corrected chi connectivity index (χ4v) is 2.40. The number of hydrogen-bond acceptors (Lipinski definition) is 5. The minimum absolute atomic E-state index is 0.0105. The molecule has 0 bridgehead atoms. The smallest absolute Gasteiger partial charge is 0.327 e. The number of likely N-dealkylation sites (N-methyl/N-ethyl adjacent to an activating group) is 1. The van der Waals surface area contributed by atoms with Gasteiger partial charge < -0.3 is 15.0 Å². The number of ether oxygens (including phenoxy) is 1. The van der Waals surface area contributed by atoms with E-state index in [2.05, 4.69) is 26.1 Å². The second kappa shape index (κ2) is 7.55. The van der Waals surface area contributed by atoms with E-state index < -0.39 is 37.0 Å². The molecule has 140 valence electrons. The molecule has 1 heterocycles. The van der Waals surface area contributed by atoms with Gasteiger partial charge in [-0.1, -0.05) is 32.9 Å². The highest BCUT2D eigenvalue weighted by Gasteiger charge is 2.35. The Morgan fingerprint density at radius 2 is 1.77 bits per heavy atom. The Bertz CT molecular complexity index is 721. The van der Waals surface area contributed by atoms with E-state index >= 15 is 0 Å². The number of hydrogen-bond donors (Lipinski definition) is 1. The molecular weight excluding hydrogens is 338 g/mol. The van der Waals surface area contributed by atoms with Crippen molar-refractivity contribution < 1.29 is 23.9 Å². The van der Waals surface area contributed by atoms with E-state index in [1.807, 2.05) is 12.1 Å². The van der Waals surface area contributed by atoms with Crippen molar-refractivity contribution in [3.8, 4) is 0 Å². The molecule has 0 unspecified atom stereocenters. The summed E-state index contributed by atoms with van der Waals surface area (Å²) in [6, 6.07) is 6.83. The molecule has 1 aromatic carbocycles. The van der Waals surface area contributed by atoms with E-state index in [0.29, 0.717) is 5.69 Å². The summed E-state index contributed by atoms with van der Waals surface area (Å²) in [4.78, 5) is 48.9. The van der Waals surface area contributed by atoms with Gasteiger partial charge in [0.1, 0.15) is 13.1 Å². The normalized spacial score (nSPS) is 14.6. The maximum atomic E-state index is 11.9. The zero-order valence-electron chi connectivity index (χ0n) is 15.4. The van der Waals surface area contributed by atoms with Crippen molar-refractivity contribution in [3.63, 3.8) is 0 Å². The van der Waals surface area contributed by atoms with Crippen LogP contribution in [0, 0.1) is 0 Å². The monoisotopic (exact) mass is 361 g/mol. The lowest BCUT2D eigenvalue weighted by atomic mass is 9.87. The molecule has 0 aromatic heterocycles. The molecule has 1 fully saturated rings. The van der Waals surface area contributed by atoms with Gasteiger partial charge in [0, 0.05) is 12.7 Å². The first kappa shape index (κ1) is 19.4. The zero-order valence-corrected chi connectivity index (χ0v) is 15.4. The number of amides is 4. The summed E-state index contributed by atoms with van der Waals surface area (Å²) in [6.45, 7) is 5.20. The first-order valence-corrected chi connectivity index (χ1v) is 8.19. The molecule has 0 aliphatic carbocycles. The summed E-state index contributed by atoms with van der Waals surface area (Å²) in [5, 5.41) is 2.62. The van der Waals surface area contributed by atoms with Crippen LogP contribution in [-0.4, -0.2) is 60.4 Å². The van der Waals surface area contributed by atoms with E-state index in [1.165, 1.54) is 11.9 Å². The summed E-state index contributed by atoms with van der Waals surface area (Å²) in [5.74, 6) is -1.80. The van der Waals surface area contributed by atoms with Crippen molar-refractivity contribution in [1.29, 1.82) is 0 Å². The molecule has 1 aliphatic rings. The van der Waals surface area contributed by atoms with Crippen LogP contribution < -0.4 is 5.32 Å². The molecule has 8 heteroatoms. The van der Waals surface area contributed by atoms with Crippen molar-refractivity contribution >= 4 is 29.5 Å². The molecule has 2 rings (SSSR count). The number of carbonyl (C=O) groups is 4. The average molecular weight is 361 g/mol. The molecule has 4 amide bonds. The lowest BCUT2D eigenvalue weighted by Crippen LogP contribution is -2.37. The average Bonchev–Trinajstić information content (AvgIpc) is 2.79. The molecule has 0 spiro atoms. The van der Waals surface area contributed by atoms with E-state index in [1.54, 1.807) is 12.1 Å². The SMILES string of the molecule is CN1CC(=O)N(CC(=O)OCC(=O)Nc2ccc(C(C)(C)C)cc2)C1=O. The van der Waals surface area contributed by atoms with Crippen LogP contribution in [0.4, 0.5) is 10.5 Å². The summed E-state index contributed by atoms with van der Waals surface area (Å²) in [7, 11) is 1.46. The lowest BCUT2D eigenvalue weighted by Gasteiger charge is -2.19. The second-order valence-electron chi connectivity index (χ2n) is 7.15. The molecule has 1 N–H and O–H groups in total. The van der Waals surface area contributed by atoms with Crippen LogP contribution in [0.3, 0.4) is 0 Å². The summed E-state index contributed by atoms with van der Waals surface area (Å²) < 4.78 is 4.83. The van der Waals surface area contributed by atoms with Crippen LogP contribution in [0.2, 0.25) is 0 Å². The van der Waals surface area contributed by atoms with Crippen molar-refractivity contribution in [3.05, 3.63) is 29.8 Å². The minimum Gasteiger partial charge on any atom is -0.454 e. The lowest BCUT2D eigenvalue weighted by molar-refractivity contribution is -0.149. The number of rotatable bonds is 5. The van der Waals surface area contributed by atoms with Crippen LogP contribution in [0.1, 0.15) is 26.3 Å². The van der Waals surface area contributed by atoms with Crippen molar-refractivity contribution in [2.75, 3.05) is 32.1 Å². The van der Waals surface area contributed by atoms with Gasteiger partial charge in [0.15, 0.2) is 6.61 Å². The van der Waals surface area contributed by atoms with Gasteiger partial charge >= 0.3 is 12.0 Å². The fraction of sp³-hybridized carbons (Fsp3) is 0.444. The van der Waals surface area contributed by atoms with Crippen LogP contribution in [0.25, 0.3) is 0 Å². The highest BCUT2D eigenvalue weighted by atomic mass is 16.5. The highest BCUT2D eigenvalue weighted by Crippen LogP contribution is 2.23. The summed E-state index contributed by atoms with van der Waals surface area (Å²) >= 11 is 0. The Morgan fingerprint density at radius 1 is 1.15 bits per heavy atom. The molecule has 1 aromatic rings. The third-order valence-corrected chi connectivity index (χ3v) is 3.92. The number of anilines is 1. The Kier molecular flexibility index (Phi) is 5.64. The Hall–Kier alpha value is -2.90. The van der Waals surface area contributed by atoms with Gasteiger partial charge in [-0.05, 0) is 23.1 Å². The van der Waals surface area contributed by atoms with Crippen LogP contribution in [-0.2, 0) is 24.5 Å². The number of imide groups is 1. The Balaban J connectivity index is 1.80. The first-order valence-electron chi connectivity index (χ1n) is 8.19. The number of nitrogens with one attached hydrogen (secondary N) is 1. The standard InChI is InChI=1S/C18H23N3O5/c1-18(2,3)12-5-7-13(8-6-12)19-14(22)11-26-16(24)10-21-15(23)9-20(4)17(21)25/h5-8H,9-11H2,1-4H3,(H,19,22). The van der Waals surface area contributed by atoms with Crippen molar-refractivity contribution in [2.45, 2.75) is 26.2 Å². The molecule has 1 aliphatic heterocycles. The van der Waals surface area contributed by atoms with Gasteiger partial charge in [0.2, 0.25) is 0 Å². The zero-order chi connectivity index (χ0) is 19.5. The molecule has 0 atom stereocenters.